The van der Waals surface area contributed by atoms with E-state index < -0.39 is 0 Å². The van der Waals surface area contributed by atoms with E-state index in [1.807, 2.05) is 6.07 Å². The van der Waals surface area contributed by atoms with Gasteiger partial charge >= 0.3 is 0 Å². The maximum absolute atomic E-state index is 6.40. The number of aromatic nitrogens is 1. The maximum Gasteiger partial charge on any atom is 0.0726 e. The van der Waals surface area contributed by atoms with Crippen LogP contribution in [0.25, 0.3) is 10.9 Å². The Morgan fingerprint density at radius 2 is 2.00 bits per heavy atom. The summed E-state index contributed by atoms with van der Waals surface area (Å²) in [4.78, 5) is 4.76. The number of hydrogen-bond donors (Lipinski definition) is 0. The van der Waals surface area contributed by atoms with Gasteiger partial charge in [0.25, 0.3) is 0 Å². The van der Waals surface area contributed by atoms with Gasteiger partial charge in [-0.1, -0.05) is 27.5 Å². The first-order valence-corrected chi connectivity index (χ1v) is 7.01. The summed E-state index contributed by atoms with van der Waals surface area (Å²) >= 11 is 10.0. The van der Waals surface area contributed by atoms with Crippen LogP contribution >= 0.6 is 27.5 Å². The summed E-state index contributed by atoms with van der Waals surface area (Å²) in [5, 5.41) is 1.91. The second-order valence-corrected chi connectivity index (χ2v) is 6.03. The van der Waals surface area contributed by atoms with Gasteiger partial charge in [0, 0.05) is 21.5 Å². The predicted molar refractivity (Wildman–Crippen MR) is 75.9 cm³/mol. The van der Waals surface area contributed by atoms with E-state index in [9.17, 15) is 0 Å². The van der Waals surface area contributed by atoms with Crippen molar-refractivity contribution in [3.05, 3.63) is 38.4 Å². The molecular formula is C14H13BrClN. The van der Waals surface area contributed by atoms with Crippen LogP contribution in [0.4, 0.5) is 0 Å². The van der Waals surface area contributed by atoms with Crippen molar-refractivity contribution in [1.82, 2.24) is 4.98 Å². The number of hydrogen-bond acceptors (Lipinski definition) is 1. The Morgan fingerprint density at radius 3 is 2.65 bits per heavy atom. The Hall–Kier alpha value is -0.600. The zero-order valence-corrected chi connectivity index (χ0v) is 12.2. The minimum atomic E-state index is 0.640. The van der Waals surface area contributed by atoms with E-state index >= 15 is 0 Å². The molecule has 1 fully saturated rings. The molecule has 0 bridgehead atoms. The Balaban J connectivity index is 2.35. The number of aryl methyl sites for hydroxylation is 2. The van der Waals surface area contributed by atoms with E-state index in [-0.39, 0.29) is 0 Å². The number of pyridine rings is 1. The molecule has 0 spiro atoms. The summed E-state index contributed by atoms with van der Waals surface area (Å²) in [6, 6.07) is 4.15. The second kappa shape index (κ2) is 3.96. The molecule has 1 heterocycles. The summed E-state index contributed by atoms with van der Waals surface area (Å²) in [5.74, 6) is 0.640. The minimum absolute atomic E-state index is 0.640. The van der Waals surface area contributed by atoms with E-state index in [1.54, 1.807) is 0 Å². The summed E-state index contributed by atoms with van der Waals surface area (Å²) in [5.41, 5.74) is 4.58. The molecule has 1 saturated carbocycles. The lowest BCUT2D eigenvalue weighted by Gasteiger charge is -2.11. The smallest absolute Gasteiger partial charge is 0.0726 e. The van der Waals surface area contributed by atoms with Gasteiger partial charge in [0.15, 0.2) is 0 Å². The molecule has 3 heteroatoms. The van der Waals surface area contributed by atoms with Crippen LogP contribution in [-0.2, 0) is 0 Å². The van der Waals surface area contributed by atoms with Crippen molar-refractivity contribution < 1.29 is 0 Å². The van der Waals surface area contributed by atoms with E-state index in [0.29, 0.717) is 5.92 Å². The van der Waals surface area contributed by atoms with E-state index in [4.69, 9.17) is 16.6 Å². The monoisotopic (exact) mass is 309 g/mol. The molecule has 1 nitrogen and oxygen atoms in total. The van der Waals surface area contributed by atoms with Crippen LogP contribution in [0, 0.1) is 13.8 Å². The van der Waals surface area contributed by atoms with E-state index in [0.717, 1.165) is 26.1 Å². The lowest BCUT2D eigenvalue weighted by atomic mass is 10.0. The maximum atomic E-state index is 6.40. The molecule has 1 aliphatic carbocycles. The van der Waals surface area contributed by atoms with Crippen LogP contribution in [0.3, 0.4) is 0 Å². The summed E-state index contributed by atoms with van der Waals surface area (Å²) in [6.07, 6.45) is 2.51. The molecule has 1 aromatic carbocycles. The lowest BCUT2D eigenvalue weighted by Crippen LogP contribution is -1.93. The van der Waals surface area contributed by atoms with Gasteiger partial charge in [-0.2, -0.15) is 0 Å². The molecule has 0 N–H and O–H groups in total. The highest BCUT2D eigenvalue weighted by molar-refractivity contribution is 9.10. The molecule has 17 heavy (non-hydrogen) atoms. The number of benzene rings is 1. The summed E-state index contributed by atoms with van der Waals surface area (Å²) in [7, 11) is 0. The molecule has 3 rings (SSSR count). The Labute approximate surface area is 114 Å². The molecule has 1 aliphatic rings. The minimum Gasteiger partial charge on any atom is -0.252 e. The SMILES string of the molecule is Cc1cc2nc(C3CC3)cc(Cl)c2c(C)c1Br. The van der Waals surface area contributed by atoms with Gasteiger partial charge in [0.1, 0.15) is 0 Å². The van der Waals surface area contributed by atoms with Crippen molar-refractivity contribution in [3.8, 4) is 0 Å². The van der Waals surface area contributed by atoms with Crippen LogP contribution in [0.2, 0.25) is 5.02 Å². The molecule has 0 saturated heterocycles. The average molecular weight is 311 g/mol. The van der Waals surface area contributed by atoms with Crippen LogP contribution in [0.1, 0.15) is 35.6 Å². The number of rotatable bonds is 1. The summed E-state index contributed by atoms with van der Waals surface area (Å²) in [6.45, 7) is 4.18. The highest BCUT2D eigenvalue weighted by atomic mass is 79.9. The molecule has 1 aromatic heterocycles. The molecule has 0 amide bonds. The Bertz CT molecular complexity index is 617. The van der Waals surface area contributed by atoms with E-state index in [1.165, 1.54) is 24.0 Å². The van der Waals surface area contributed by atoms with E-state index in [2.05, 4.69) is 35.8 Å². The normalized spacial score (nSPS) is 15.5. The number of nitrogens with zero attached hydrogens (tertiary/aromatic N) is 1. The van der Waals surface area contributed by atoms with Gasteiger partial charge in [0.2, 0.25) is 0 Å². The fraction of sp³-hybridized carbons (Fsp3) is 0.357. The fourth-order valence-electron chi connectivity index (χ4n) is 2.29. The highest BCUT2D eigenvalue weighted by Gasteiger charge is 2.26. The van der Waals surface area contributed by atoms with Crippen molar-refractivity contribution in [2.24, 2.45) is 0 Å². The third-order valence-corrected chi connectivity index (χ3v) is 4.94. The highest BCUT2D eigenvalue weighted by Crippen LogP contribution is 2.42. The van der Waals surface area contributed by atoms with Gasteiger partial charge in [-0.3, -0.25) is 4.98 Å². The van der Waals surface area contributed by atoms with Crippen molar-refractivity contribution in [3.63, 3.8) is 0 Å². The average Bonchev–Trinajstić information content (AvgIpc) is 3.08. The zero-order chi connectivity index (χ0) is 12.2. The van der Waals surface area contributed by atoms with Crippen LogP contribution in [0.5, 0.6) is 0 Å². The lowest BCUT2D eigenvalue weighted by molar-refractivity contribution is 1.04. The third-order valence-electron chi connectivity index (χ3n) is 3.42. The molecule has 0 radical (unpaired) electrons. The largest absolute Gasteiger partial charge is 0.252 e. The van der Waals surface area contributed by atoms with Crippen molar-refractivity contribution in [2.75, 3.05) is 0 Å². The molecular weight excluding hydrogens is 298 g/mol. The first kappa shape index (κ1) is 11.5. The molecule has 2 aromatic rings. The van der Waals surface area contributed by atoms with Crippen LogP contribution in [-0.4, -0.2) is 4.98 Å². The molecule has 0 unspecified atom stereocenters. The number of halogens is 2. The van der Waals surface area contributed by atoms with Crippen molar-refractivity contribution in [1.29, 1.82) is 0 Å². The molecule has 0 aliphatic heterocycles. The quantitative estimate of drug-likeness (QED) is 0.710. The Kier molecular flexibility index (Phi) is 2.68. The molecule has 0 atom stereocenters. The van der Waals surface area contributed by atoms with Gasteiger partial charge in [0.05, 0.1) is 10.5 Å². The first-order valence-electron chi connectivity index (χ1n) is 5.84. The van der Waals surface area contributed by atoms with Crippen LogP contribution < -0.4 is 0 Å². The predicted octanol–water partition coefficient (Wildman–Crippen LogP) is 5.14. The topological polar surface area (TPSA) is 12.9 Å². The number of fused-ring (bicyclic) bond motifs is 1. The van der Waals surface area contributed by atoms with Crippen LogP contribution in [0.15, 0.2) is 16.6 Å². The molecule has 88 valence electrons. The van der Waals surface area contributed by atoms with Gasteiger partial charge < -0.3 is 0 Å². The third kappa shape index (κ3) is 1.88. The first-order chi connectivity index (χ1) is 8.08. The Morgan fingerprint density at radius 1 is 1.29 bits per heavy atom. The fourth-order valence-corrected chi connectivity index (χ4v) is 2.95. The van der Waals surface area contributed by atoms with Crippen molar-refractivity contribution >= 4 is 38.4 Å². The van der Waals surface area contributed by atoms with Gasteiger partial charge in [-0.15, -0.1) is 0 Å². The second-order valence-electron chi connectivity index (χ2n) is 4.83. The standard InChI is InChI=1S/C14H13BrClN/c1-7-5-12-13(8(2)14(7)15)10(16)6-11(17-12)9-3-4-9/h5-6,9H,3-4H2,1-2H3. The summed E-state index contributed by atoms with van der Waals surface area (Å²) < 4.78 is 1.13. The van der Waals surface area contributed by atoms with Crippen molar-refractivity contribution in [2.45, 2.75) is 32.6 Å². The zero-order valence-electron chi connectivity index (χ0n) is 9.85. The van der Waals surface area contributed by atoms with Gasteiger partial charge in [-0.25, -0.2) is 0 Å². The van der Waals surface area contributed by atoms with Gasteiger partial charge in [-0.05, 0) is 49.9 Å².